The molecule has 178 valence electrons. The van der Waals surface area contributed by atoms with Gasteiger partial charge in [-0.25, -0.2) is 0 Å². The van der Waals surface area contributed by atoms with E-state index in [0.717, 1.165) is 11.3 Å². The predicted octanol–water partition coefficient (Wildman–Crippen LogP) is 5.60. The fraction of sp³-hybridized carbons (Fsp3) is 0.231. The summed E-state index contributed by atoms with van der Waals surface area (Å²) in [5.74, 6) is -0.504. The SMILES string of the molecule is COCCN(Cc1cc(NC(=O)c2ccccc2Cl)ccc1N(C)C)C(=O)c1ccccc1Cl. The van der Waals surface area contributed by atoms with E-state index in [1.54, 1.807) is 60.5 Å². The highest BCUT2D eigenvalue weighted by Gasteiger charge is 2.21. The van der Waals surface area contributed by atoms with E-state index >= 15 is 0 Å². The van der Waals surface area contributed by atoms with Gasteiger partial charge in [0.2, 0.25) is 0 Å². The lowest BCUT2D eigenvalue weighted by Gasteiger charge is -2.26. The summed E-state index contributed by atoms with van der Waals surface area (Å²) in [6.45, 7) is 1.05. The molecule has 0 aromatic heterocycles. The van der Waals surface area contributed by atoms with E-state index < -0.39 is 0 Å². The maximum Gasteiger partial charge on any atom is 0.257 e. The van der Waals surface area contributed by atoms with Crippen LogP contribution in [0.15, 0.2) is 66.7 Å². The van der Waals surface area contributed by atoms with Gasteiger partial charge in [0.1, 0.15) is 0 Å². The van der Waals surface area contributed by atoms with Crippen LogP contribution in [-0.4, -0.2) is 51.1 Å². The number of rotatable bonds is 9. The van der Waals surface area contributed by atoms with Gasteiger partial charge < -0.3 is 19.9 Å². The van der Waals surface area contributed by atoms with Crippen molar-refractivity contribution in [3.8, 4) is 0 Å². The molecule has 1 N–H and O–H groups in total. The molecule has 0 saturated heterocycles. The highest BCUT2D eigenvalue weighted by atomic mass is 35.5. The Kier molecular flexibility index (Phi) is 8.93. The highest BCUT2D eigenvalue weighted by Crippen LogP contribution is 2.27. The van der Waals surface area contributed by atoms with Crippen LogP contribution in [0.3, 0.4) is 0 Å². The number of carbonyl (C=O) groups excluding carboxylic acids is 2. The predicted molar refractivity (Wildman–Crippen MR) is 138 cm³/mol. The van der Waals surface area contributed by atoms with Gasteiger partial charge in [-0.05, 0) is 48.0 Å². The number of anilines is 2. The number of hydrogen-bond donors (Lipinski definition) is 1. The van der Waals surface area contributed by atoms with Crippen molar-refractivity contribution in [2.45, 2.75) is 6.54 Å². The van der Waals surface area contributed by atoms with E-state index in [4.69, 9.17) is 27.9 Å². The maximum absolute atomic E-state index is 13.3. The zero-order valence-electron chi connectivity index (χ0n) is 19.3. The molecular weight excluding hydrogens is 473 g/mol. The van der Waals surface area contributed by atoms with Crippen LogP contribution < -0.4 is 10.2 Å². The van der Waals surface area contributed by atoms with Gasteiger partial charge in [-0.2, -0.15) is 0 Å². The Labute approximate surface area is 210 Å². The molecule has 0 aliphatic heterocycles. The second-order valence-electron chi connectivity index (χ2n) is 7.87. The van der Waals surface area contributed by atoms with Crippen LogP contribution in [0.1, 0.15) is 26.3 Å². The molecule has 0 bridgehead atoms. The van der Waals surface area contributed by atoms with Crippen molar-refractivity contribution in [3.05, 3.63) is 93.5 Å². The quantitative estimate of drug-likeness (QED) is 0.416. The van der Waals surface area contributed by atoms with Gasteiger partial charge in [0.05, 0.1) is 27.8 Å². The van der Waals surface area contributed by atoms with E-state index in [1.807, 2.05) is 37.2 Å². The van der Waals surface area contributed by atoms with Crippen LogP contribution in [0.5, 0.6) is 0 Å². The number of hydrogen-bond acceptors (Lipinski definition) is 4. The van der Waals surface area contributed by atoms with E-state index in [2.05, 4.69) is 5.32 Å². The summed E-state index contributed by atoms with van der Waals surface area (Å²) >= 11 is 12.5. The number of methoxy groups -OCH3 is 1. The van der Waals surface area contributed by atoms with Crippen molar-refractivity contribution in [1.29, 1.82) is 0 Å². The minimum absolute atomic E-state index is 0.196. The second kappa shape index (κ2) is 11.9. The lowest BCUT2D eigenvalue weighted by atomic mass is 10.1. The summed E-state index contributed by atoms with van der Waals surface area (Å²) in [4.78, 5) is 29.7. The average Bonchev–Trinajstić information content (AvgIpc) is 2.81. The molecular formula is C26H27Cl2N3O3. The van der Waals surface area contributed by atoms with E-state index in [1.165, 1.54) is 0 Å². The van der Waals surface area contributed by atoms with Crippen molar-refractivity contribution in [3.63, 3.8) is 0 Å². The van der Waals surface area contributed by atoms with Crippen LogP contribution in [0.2, 0.25) is 10.0 Å². The Morgan fingerprint density at radius 2 is 1.53 bits per heavy atom. The van der Waals surface area contributed by atoms with Crippen molar-refractivity contribution in [1.82, 2.24) is 4.90 Å². The number of ether oxygens (including phenoxy) is 1. The first kappa shape index (κ1) is 25.6. The summed E-state index contributed by atoms with van der Waals surface area (Å²) in [5, 5.41) is 3.67. The molecule has 34 heavy (non-hydrogen) atoms. The number of halogens is 2. The van der Waals surface area contributed by atoms with Crippen molar-refractivity contribution < 1.29 is 14.3 Å². The maximum atomic E-state index is 13.3. The summed E-state index contributed by atoms with van der Waals surface area (Å²) in [6, 6.07) is 19.4. The molecule has 0 radical (unpaired) electrons. The monoisotopic (exact) mass is 499 g/mol. The zero-order chi connectivity index (χ0) is 24.7. The molecule has 0 aliphatic rings. The third-order valence-corrected chi connectivity index (χ3v) is 5.91. The molecule has 0 fully saturated rings. The number of carbonyl (C=O) groups is 2. The number of nitrogens with zero attached hydrogens (tertiary/aromatic N) is 2. The summed E-state index contributed by atoms with van der Waals surface area (Å²) < 4.78 is 5.23. The summed E-state index contributed by atoms with van der Waals surface area (Å²) in [5.41, 5.74) is 3.19. The Morgan fingerprint density at radius 1 is 0.912 bits per heavy atom. The van der Waals surface area contributed by atoms with Gasteiger partial charge >= 0.3 is 0 Å². The minimum atomic E-state index is -0.308. The van der Waals surface area contributed by atoms with Gasteiger partial charge in [-0.1, -0.05) is 47.5 Å². The van der Waals surface area contributed by atoms with Crippen LogP contribution >= 0.6 is 23.2 Å². The first-order valence-corrected chi connectivity index (χ1v) is 11.5. The van der Waals surface area contributed by atoms with Gasteiger partial charge in [0, 0.05) is 45.7 Å². The highest BCUT2D eigenvalue weighted by molar-refractivity contribution is 6.34. The third kappa shape index (κ3) is 6.29. The van der Waals surface area contributed by atoms with Crippen LogP contribution in [0, 0.1) is 0 Å². The van der Waals surface area contributed by atoms with Gasteiger partial charge in [0.25, 0.3) is 11.8 Å². The van der Waals surface area contributed by atoms with Gasteiger partial charge in [0.15, 0.2) is 0 Å². The standard InChI is InChI=1S/C26H27Cl2N3O3/c1-30(2)24-13-12-19(29-25(32)20-8-4-6-10-22(20)27)16-18(24)17-31(14-15-34-3)26(33)21-9-5-7-11-23(21)28/h4-13,16H,14-15,17H2,1-3H3,(H,29,32). The molecule has 0 unspecified atom stereocenters. The van der Waals surface area contributed by atoms with Crippen LogP contribution in [-0.2, 0) is 11.3 Å². The smallest absolute Gasteiger partial charge is 0.257 e. The molecule has 3 aromatic carbocycles. The van der Waals surface area contributed by atoms with Crippen LogP contribution in [0.25, 0.3) is 0 Å². The zero-order valence-corrected chi connectivity index (χ0v) is 20.9. The topological polar surface area (TPSA) is 61.9 Å². The van der Waals surface area contributed by atoms with E-state index in [0.29, 0.717) is 46.6 Å². The molecule has 3 rings (SSSR count). The Balaban J connectivity index is 1.91. The lowest BCUT2D eigenvalue weighted by molar-refractivity contribution is 0.0680. The first-order valence-electron chi connectivity index (χ1n) is 10.7. The summed E-state index contributed by atoms with van der Waals surface area (Å²) in [7, 11) is 5.45. The van der Waals surface area contributed by atoms with E-state index in [9.17, 15) is 9.59 Å². The average molecular weight is 500 g/mol. The second-order valence-corrected chi connectivity index (χ2v) is 8.69. The largest absolute Gasteiger partial charge is 0.383 e. The molecule has 0 saturated carbocycles. The minimum Gasteiger partial charge on any atom is -0.383 e. The molecule has 2 amide bonds. The number of nitrogens with one attached hydrogen (secondary N) is 1. The fourth-order valence-electron chi connectivity index (χ4n) is 3.53. The molecule has 0 heterocycles. The molecule has 0 aliphatic carbocycles. The third-order valence-electron chi connectivity index (χ3n) is 5.26. The lowest BCUT2D eigenvalue weighted by Crippen LogP contribution is -2.34. The molecule has 0 spiro atoms. The molecule has 8 heteroatoms. The molecule has 6 nitrogen and oxygen atoms in total. The van der Waals surface area contributed by atoms with Crippen molar-refractivity contribution in [2.75, 3.05) is 44.6 Å². The summed E-state index contributed by atoms with van der Waals surface area (Å²) in [6.07, 6.45) is 0. The van der Waals surface area contributed by atoms with E-state index in [-0.39, 0.29) is 11.8 Å². The Bertz CT molecular complexity index is 1170. The van der Waals surface area contributed by atoms with Crippen LogP contribution in [0.4, 0.5) is 11.4 Å². The molecule has 0 atom stereocenters. The number of amides is 2. The number of benzene rings is 3. The Hall–Kier alpha value is -3.06. The fourth-order valence-corrected chi connectivity index (χ4v) is 3.97. The van der Waals surface area contributed by atoms with Gasteiger partial charge in [-0.15, -0.1) is 0 Å². The Morgan fingerprint density at radius 3 is 2.12 bits per heavy atom. The van der Waals surface area contributed by atoms with Crippen molar-refractivity contribution >= 4 is 46.4 Å². The van der Waals surface area contributed by atoms with Gasteiger partial charge in [-0.3, -0.25) is 9.59 Å². The van der Waals surface area contributed by atoms with Crippen molar-refractivity contribution in [2.24, 2.45) is 0 Å². The first-order chi connectivity index (χ1) is 16.3. The normalized spacial score (nSPS) is 10.6. The molecule has 3 aromatic rings.